The summed E-state index contributed by atoms with van der Waals surface area (Å²) in [6.07, 6.45) is -0.229. The van der Waals surface area contributed by atoms with E-state index in [4.69, 9.17) is 0 Å². The molecule has 1 heterocycles. The van der Waals surface area contributed by atoms with Crippen LogP contribution in [-0.2, 0) is 0 Å². The quantitative estimate of drug-likeness (QED) is 0.791. The number of piperazine rings is 1. The summed E-state index contributed by atoms with van der Waals surface area (Å²) < 4.78 is 0. The van der Waals surface area contributed by atoms with Crippen LogP contribution in [0.1, 0.15) is 34.6 Å². The lowest BCUT2D eigenvalue weighted by molar-refractivity contribution is 0.00264. The summed E-state index contributed by atoms with van der Waals surface area (Å²) in [7, 11) is 0. The minimum atomic E-state index is -0.229. The van der Waals surface area contributed by atoms with Gasteiger partial charge in [0.15, 0.2) is 0 Å². The van der Waals surface area contributed by atoms with Gasteiger partial charge in [0.2, 0.25) is 0 Å². The highest BCUT2D eigenvalue weighted by Gasteiger charge is 2.28. The standard InChI is InChI=1S/C13H28N2O/c1-6-15-8-7-14(9-11(15)2)10-12(16)13(3,4)5/h11-12,16H,6-10H2,1-5H3. The van der Waals surface area contributed by atoms with E-state index >= 15 is 0 Å². The Bertz CT molecular complexity index is 212. The lowest BCUT2D eigenvalue weighted by Crippen LogP contribution is -2.54. The van der Waals surface area contributed by atoms with Crippen molar-refractivity contribution in [1.82, 2.24) is 9.80 Å². The van der Waals surface area contributed by atoms with Gasteiger partial charge in [-0.1, -0.05) is 27.7 Å². The molecule has 0 bridgehead atoms. The van der Waals surface area contributed by atoms with E-state index in [0.29, 0.717) is 6.04 Å². The van der Waals surface area contributed by atoms with E-state index in [1.165, 1.54) is 0 Å². The number of likely N-dealkylation sites (N-methyl/N-ethyl adjacent to an activating group) is 1. The molecule has 0 saturated carbocycles. The van der Waals surface area contributed by atoms with Crippen LogP contribution >= 0.6 is 0 Å². The maximum absolute atomic E-state index is 10.1. The first kappa shape index (κ1) is 13.9. The van der Waals surface area contributed by atoms with E-state index in [1.54, 1.807) is 0 Å². The van der Waals surface area contributed by atoms with Crippen molar-refractivity contribution in [3.63, 3.8) is 0 Å². The van der Waals surface area contributed by atoms with Crippen LogP contribution in [0.3, 0.4) is 0 Å². The molecule has 1 N–H and O–H groups in total. The van der Waals surface area contributed by atoms with Crippen LogP contribution in [0.25, 0.3) is 0 Å². The minimum Gasteiger partial charge on any atom is -0.391 e. The molecule has 1 saturated heterocycles. The number of hydrogen-bond donors (Lipinski definition) is 1. The molecule has 16 heavy (non-hydrogen) atoms. The van der Waals surface area contributed by atoms with Gasteiger partial charge in [0.25, 0.3) is 0 Å². The van der Waals surface area contributed by atoms with Gasteiger partial charge >= 0.3 is 0 Å². The number of β-amino-alcohol motifs (C(OH)–C–C–N with tert-alkyl or cyclic N) is 1. The predicted octanol–water partition coefficient (Wildman–Crippen LogP) is 1.42. The van der Waals surface area contributed by atoms with Crippen LogP contribution in [0.5, 0.6) is 0 Å². The molecule has 0 radical (unpaired) electrons. The first-order valence-electron chi connectivity index (χ1n) is 6.49. The molecule has 0 aliphatic carbocycles. The third kappa shape index (κ3) is 3.72. The Morgan fingerprint density at radius 3 is 2.38 bits per heavy atom. The van der Waals surface area contributed by atoms with Crippen LogP contribution in [0, 0.1) is 5.41 Å². The summed E-state index contributed by atoms with van der Waals surface area (Å²) in [4.78, 5) is 4.90. The van der Waals surface area contributed by atoms with E-state index in [9.17, 15) is 5.11 Å². The van der Waals surface area contributed by atoms with Crippen LogP contribution in [-0.4, -0.2) is 59.8 Å². The number of nitrogens with zero attached hydrogens (tertiary/aromatic N) is 2. The topological polar surface area (TPSA) is 26.7 Å². The van der Waals surface area contributed by atoms with Crippen molar-refractivity contribution in [3.8, 4) is 0 Å². The number of aliphatic hydroxyl groups is 1. The lowest BCUT2D eigenvalue weighted by Gasteiger charge is -2.41. The molecule has 3 nitrogen and oxygen atoms in total. The van der Waals surface area contributed by atoms with Crippen molar-refractivity contribution in [2.75, 3.05) is 32.7 Å². The summed E-state index contributed by atoms with van der Waals surface area (Å²) in [5, 5.41) is 10.1. The molecule has 0 aromatic heterocycles. The van der Waals surface area contributed by atoms with Crippen molar-refractivity contribution < 1.29 is 5.11 Å². The van der Waals surface area contributed by atoms with Gasteiger partial charge in [-0.3, -0.25) is 9.80 Å². The summed E-state index contributed by atoms with van der Waals surface area (Å²) in [6.45, 7) is 16.1. The van der Waals surface area contributed by atoms with Gasteiger partial charge in [0.1, 0.15) is 0 Å². The summed E-state index contributed by atoms with van der Waals surface area (Å²) in [6, 6.07) is 0.617. The van der Waals surface area contributed by atoms with Crippen molar-refractivity contribution in [3.05, 3.63) is 0 Å². The van der Waals surface area contributed by atoms with Crippen molar-refractivity contribution in [2.24, 2.45) is 5.41 Å². The fraction of sp³-hybridized carbons (Fsp3) is 1.00. The smallest absolute Gasteiger partial charge is 0.0715 e. The Morgan fingerprint density at radius 2 is 1.94 bits per heavy atom. The van der Waals surface area contributed by atoms with Crippen molar-refractivity contribution in [1.29, 1.82) is 0 Å². The Kier molecular flexibility index (Phi) is 4.77. The van der Waals surface area contributed by atoms with Gasteiger partial charge in [0.05, 0.1) is 6.10 Å². The van der Waals surface area contributed by atoms with E-state index in [2.05, 4.69) is 44.4 Å². The number of hydrogen-bond acceptors (Lipinski definition) is 3. The van der Waals surface area contributed by atoms with Gasteiger partial charge < -0.3 is 5.11 Å². The van der Waals surface area contributed by atoms with Gasteiger partial charge in [-0.2, -0.15) is 0 Å². The molecule has 2 unspecified atom stereocenters. The van der Waals surface area contributed by atoms with Gasteiger partial charge in [-0.25, -0.2) is 0 Å². The summed E-state index contributed by atoms with van der Waals surface area (Å²) in [5.41, 5.74) is -0.00880. The normalized spacial score (nSPS) is 27.0. The molecule has 0 amide bonds. The second-order valence-corrected chi connectivity index (χ2v) is 6.12. The predicted molar refractivity (Wildman–Crippen MR) is 68.6 cm³/mol. The SMILES string of the molecule is CCN1CCN(CC(O)C(C)(C)C)CC1C. The summed E-state index contributed by atoms with van der Waals surface area (Å²) >= 11 is 0. The monoisotopic (exact) mass is 228 g/mol. The average molecular weight is 228 g/mol. The van der Waals surface area contributed by atoms with Crippen LogP contribution < -0.4 is 0 Å². The Hall–Kier alpha value is -0.120. The zero-order valence-electron chi connectivity index (χ0n) is 11.5. The lowest BCUT2D eigenvalue weighted by atomic mass is 9.88. The van der Waals surface area contributed by atoms with Crippen molar-refractivity contribution >= 4 is 0 Å². The van der Waals surface area contributed by atoms with E-state index < -0.39 is 0 Å². The molecule has 96 valence electrons. The molecule has 0 aromatic carbocycles. The van der Waals surface area contributed by atoms with Crippen molar-refractivity contribution in [2.45, 2.75) is 46.8 Å². The molecule has 0 aromatic rings. The van der Waals surface area contributed by atoms with Gasteiger partial charge in [-0.15, -0.1) is 0 Å². The zero-order chi connectivity index (χ0) is 12.3. The third-order valence-electron chi connectivity index (χ3n) is 3.69. The Labute approximate surface area is 100 Å². The molecule has 2 atom stereocenters. The Morgan fingerprint density at radius 1 is 1.31 bits per heavy atom. The zero-order valence-corrected chi connectivity index (χ0v) is 11.5. The molecular formula is C13H28N2O. The third-order valence-corrected chi connectivity index (χ3v) is 3.69. The first-order valence-corrected chi connectivity index (χ1v) is 6.49. The van der Waals surface area contributed by atoms with Crippen LogP contribution in [0.2, 0.25) is 0 Å². The highest BCUT2D eigenvalue weighted by Crippen LogP contribution is 2.21. The number of rotatable bonds is 3. The Balaban J connectivity index is 2.41. The van der Waals surface area contributed by atoms with Gasteiger partial charge in [0, 0.05) is 32.2 Å². The maximum Gasteiger partial charge on any atom is 0.0715 e. The maximum atomic E-state index is 10.1. The average Bonchev–Trinajstić information content (AvgIpc) is 2.16. The van der Waals surface area contributed by atoms with E-state index in [-0.39, 0.29) is 11.5 Å². The first-order chi connectivity index (χ1) is 7.34. The van der Waals surface area contributed by atoms with E-state index in [0.717, 1.165) is 32.7 Å². The summed E-state index contributed by atoms with van der Waals surface area (Å²) in [5.74, 6) is 0. The molecule has 1 aliphatic heterocycles. The molecule has 3 heteroatoms. The highest BCUT2D eigenvalue weighted by molar-refractivity contribution is 4.82. The molecular weight excluding hydrogens is 200 g/mol. The molecule has 1 rings (SSSR count). The molecule has 0 spiro atoms. The number of aliphatic hydroxyl groups excluding tert-OH is 1. The highest BCUT2D eigenvalue weighted by atomic mass is 16.3. The minimum absolute atomic E-state index is 0.00880. The van der Waals surface area contributed by atoms with Gasteiger partial charge in [-0.05, 0) is 18.9 Å². The largest absolute Gasteiger partial charge is 0.391 e. The fourth-order valence-corrected chi connectivity index (χ4v) is 2.22. The second kappa shape index (κ2) is 5.48. The van der Waals surface area contributed by atoms with E-state index in [1.807, 2.05) is 0 Å². The fourth-order valence-electron chi connectivity index (χ4n) is 2.22. The van der Waals surface area contributed by atoms with Crippen LogP contribution in [0.4, 0.5) is 0 Å². The second-order valence-electron chi connectivity index (χ2n) is 6.12. The molecule has 1 aliphatic rings. The van der Waals surface area contributed by atoms with Crippen LogP contribution in [0.15, 0.2) is 0 Å². The molecule has 1 fully saturated rings.